The molecular weight excluding hydrogens is 297 g/mol. The number of sulfonamides is 1. The monoisotopic (exact) mass is 315 g/mol. The summed E-state index contributed by atoms with van der Waals surface area (Å²) < 4.78 is 40.7. The minimum absolute atomic E-state index is 0.197. The number of aromatic carboxylic acids is 1. The molecule has 0 spiro atoms. The smallest absolute Gasteiger partial charge is 0.335 e. The molecule has 0 aliphatic carbocycles. The van der Waals surface area contributed by atoms with Gasteiger partial charge in [-0.25, -0.2) is 17.6 Å². The van der Waals surface area contributed by atoms with Crippen molar-refractivity contribution in [3.63, 3.8) is 0 Å². The molecule has 0 amide bonds. The molecule has 0 aromatic heterocycles. The minimum Gasteiger partial charge on any atom is -0.478 e. The number of halogens is 1. The molecule has 0 bridgehead atoms. The van der Waals surface area contributed by atoms with Gasteiger partial charge in [-0.1, -0.05) is 6.42 Å². The molecule has 1 heterocycles. The molecule has 5 nitrogen and oxygen atoms in total. The number of rotatable bonds is 3. The molecule has 21 heavy (non-hydrogen) atoms. The predicted octanol–water partition coefficient (Wildman–Crippen LogP) is 2.48. The molecule has 7 heteroatoms. The first-order valence-electron chi connectivity index (χ1n) is 6.81. The molecule has 1 aromatic rings. The minimum atomic E-state index is -3.97. The van der Waals surface area contributed by atoms with Crippen molar-refractivity contribution >= 4 is 16.0 Å². The van der Waals surface area contributed by atoms with Crippen molar-refractivity contribution in [3.05, 3.63) is 29.6 Å². The van der Waals surface area contributed by atoms with E-state index in [1.807, 2.05) is 0 Å². The van der Waals surface area contributed by atoms with Gasteiger partial charge in [0.25, 0.3) is 0 Å². The van der Waals surface area contributed by atoms with Crippen molar-refractivity contribution in [2.75, 3.05) is 0 Å². The van der Waals surface area contributed by atoms with Gasteiger partial charge in [-0.2, -0.15) is 4.31 Å². The number of benzene rings is 1. The SMILES string of the molecule is CC1CCCC(C)N1S(=O)(=O)c1ccc(C(=O)O)cc1F. The van der Waals surface area contributed by atoms with E-state index in [2.05, 4.69) is 0 Å². The van der Waals surface area contributed by atoms with E-state index < -0.39 is 26.7 Å². The largest absolute Gasteiger partial charge is 0.478 e. The second-order valence-corrected chi connectivity index (χ2v) is 7.23. The summed E-state index contributed by atoms with van der Waals surface area (Å²) in [5.41, 5.74) is -0.272. The highest BCUT2D eigenvalue weighted by molar-refractivity contribution is 7.89. The second-order valence-electron chi connectivity index (χ2n) is 5.41. The zero-order chi connectivity index (χ0) is 15.8. The van der Waals surface area contributed by atoms with Crippen LogP contribution in [0.5, 0.6) is 0 Å². The lowest BCUT2D eigenvalue weighted by Gasteiger charge is -2.37. The van der Waals surface area contributed by atoms with E-state index in [9.17, 15) is 17.6 Å². The summed E-state index contributed by atoms with van der Waals surface area (Å²) in [5.74, 6) is -2.32. The lowest BCUT2D eigenvalue weighted by molar-refractivity contribution is 0.0696. The summed E-state index contributed by atoms with van der Waals surface area (Å²) in [7, 11) is -3.97. The van der Waals surface area contributed by atoms with Gasteiger partial charge in [0.1, 0.15) is 10.7 Å². The molecule has 1 aliphatic heterocycles. The first kappa shape index (κ1) is 15.9. The number of nitrogens with zero attached hydrogens (tertiary/aromatic N) is 1. The maximum atomic E-state index is 14.0. The van der Waals surface area contributed by atoms with Gasteiger partial charge in [0.05, 0.1) is 5.56 Å². The van der Waals surface area contributed by atoms with Crippen LogP contribution in [0, 0.1) is 5.82 Å². The van der Waals surface area contributed by atoms with Crippen LogP contribution in [0.25, 0.3) is 0 Å². The summed E-state index contributed by atoms with van der Waals surface area (Å²) in [6, 6.07) is 2.49. The summed E-state index contributed by atoms with van der Waals surface area (Å²) in [5, 5.41) is 8.81. The van der Waals surface area contributed by atoms with E-state index >= 15 is 0 Å². The lowest BCUT2D eigenvalue weighted by Crippen LogP contribution is -2.47. The van der Waals surface area contributed by atoms with Gasteiger partial charge in [-0.15, -0.1) is 0 Å². The van der Waals surface area contributed by atoms with Crippen molar-refractivity contribution in [3.8, 4) is 0 Å². The van der Waals surface area contributed by atoms with Gasteiger partial charge >= 0.3 is 5.97 Å². The Bertz CT molecular complexity index is 649. The topological polar surface area (TPSA) is 74.7 Å². The van der Waals surface area contributed by atoms with Crippen LogP contribution < -0.4 is 0 Å². The van der Waals surface area contributed by atoms with Crippen LogP contribution in [0.2, 0.25) is 0 Å². The van der Waals surface area contributed by atoms with E-state index in [-0.39, 0.29) is 17.6 Å². The number of piperidine rings is 1. The standard InChI is InChI=1S/C14H18FNO4S/c1-9-4-3-5-10(2)16(9)21(19,20)13-7-6-11(14(17)18)8-12(13)15/h6-10H,3-5H2,1-2H3,(H,17,18). The van der Waals surface area contributed by atoms with E-state index in [4.69, 9.17) is 5.11 Å². The predicted molar refractivity (Wildman–Crippen MR) is 75.2 cm³/mol. The van der Waals surface area contributed by atoms with E-state index in [1.165, 1.54) is 4.31 Å². The summed E-state index contributed by atoms with van der Waals surface area (Å²) >= 11 is 0. The molecule has 1 saturated heterocycles. The number of hydrogen-bond donors (Lipinski definition) is 1. The number of hydrogen-bond acceptors (Lipinski definition) is 3. The molecule has 1 N–H and O–H groups in total. The third kappa shape index (κ3) is 2.94. The summed E-state index contributed by atoms with van der Waals surface area (Å²) in [6.45, 7) is 3.60. The molecule has 1 aromatic carbocycles. The Morgan fingerprint density at radius 2 is 1.86 bits per heavy atom. The van der Waals surface area contributed by atoms with Crippen molar-refractivity contribution in [2.45, 2.75) is 50.1 Å². The van der Waals surface area contributed by atoms with Gasteiger partial charge < -0.3 is 5.11 Å². The highest BCUT2D eigenvalue weighted by Gasteiger charge is 2.37. The fourth-order valence-corrected chi connectivity index (χ4v) is 4.76. The Labute approximate surface area is 123 Å². The molecule has 0 saturated carbocycles. The lowest BCUT2D eigenvalue weighted by atomic mass is 10.0. The third-order valence-electron chi connectivity index (χ3n) is 3.85. The molecule has 1 fully saturated rings. The first-order valence-corrected chi connectivity index (χ1v) is 8.25. The Kier molecular flexibility index (Phi) is 4.34. The first-order chi connectivity index (χ1) is 9.75. The summed E-state index contributed by atoms with van der Waals surface area (Å²) in [6.07, 6.45) is 2.41. The van der Waals surface area contributed by atoms with Crippen LogP contribution >= 0.6 is 0 Å². The maximum Gasteiger partial charge on any atom is 0.335 e. The maximum absolute atomic E-state index is 14.0. The second kappa shape index (κ2) is 5.73. The van der Waals surface area contributed by atoms with E-state index in [0.717, 1.165) is 37.5 Å². The third-order valence-corrected chi connectivity index (χ3v) is 6.01. The zero-order valence-corrected chi connectivity index (χ0v) is 12.7. The molecule has 0 radical (unpaired) electrons. The van der Waals surface area contributed by atoms with Gasteiger partial charge in [-0.3, -0.25) is 0 Å². The summed E-state index contributed by atoms with van der Waals surface area (Å²) in [4.78, 5) is 10.3. The van der Waals surface area contributed by atoms with Gasteiger partial charge in [0.2, 0.25) is 10.0 Å². The average molecular weight is 315 g/mol. The Morgan fingerprint density at radius 1 is 1.29 bits per heavy atom. The highest BCUT2D eigenvalue weighted by Crippen LogP contribution is 2.30. The number of carboxylic acids is 1. The molecule has 116 valence electrons. The Hall–Kier alpha value is -1.47. The van der Waals surface area contributed by atoms with Crippen molar-refractivity contribution in [1.29, 1.82) is 0 Å². The van der Waals surface area contributed by atoms with Crippen molar-refractivity contribution in [1.82, 2.24) is 4.31 Å². The molecule has 1 aliphatic rings. The fourth-order valence-electron chi connectivity index (χ4n) is 2.83. The van der Waals surface area contributed by atoms with Crippen LogP contribution in [-0.2, 0) is 10.0 Å². The Balaban J connectivity index is 2.46. The molecule has 2 atom stereocenters. The van der Waals surface area contributed by atoms with E-state index in [0.29, 0.717) is 0 Å². The van der Waals surface area contributed by atoms with Crippen LogP contribution in [-0.4, -0.2) is 35.9 Å². The van der Waals surface area contributed by atoms with Crippen LogP contribution in [0.3, 0.4) is 0 Å². The zero-order valence-electron chi connectivity index (χ0n) is 11.9. The number of carboxylic acid groups (broad SMARTS) is 1. The number of carbonyl (C=O) groups is 1. The molecule has 2 rings (SSSR count). The van der Waals surface area contributed by atoms with E-state index in [1.54, 1.807) is 13.8 Å². The van der Waals surface area contributed by atoms with Crippen molar-refractivity contribution < 1.29 is 22.7 Å². The molecule has 2 unspecified atom stereocenters. The molecular formula is C14H18FNO4S. The van der Waals surface area contributed by atoms with Crippen LogP contribution in [0.15, 0.2) is 23.1 Å². The van der Waals surface area contributed by atoms with Crippen LogP contribution in [0.4, 0.5) is 4.39 Å². The van der Waals surface area contributed by atoms with Gasteiger partial charge in [-0.05, 0) is 44.9 Å². The van der Waals surface area contributed by atoms with Crippen molar-refractivity contribution in [2.24, 2.45) is 0 Å². The fraction of sp³-hybridized carbons (Fsp3) is 0.500. The average Bonchev–Trinajstić information content (AvgIpc) is 2.37. The van der Waals surface area contributed by atoms with Gasteiger partial charge in [0.15, 0.2) is 0 Å². The van der Waals surface area contributed by atoms with Crippen LogP contribution in [0.1, 0.15) is 43.5 Å². The quantitative estimate of drug-likeness (QED) is 0.930. The normalized spacial score (nSPS) is 24.0. The Morgan fingerprint density at radius 3 is 2.33 bits per heavy atom. The van der Waals surface area contributed by atoms with Gasteiger partial charge in [0, 0.05) is 12.1 Å². The highest BCUT2D eigenvalue weighted by atomic mass is 32.2.